The van der Waals surface area contributed by atoms with Crippen molar-refractivity contribution in [2.45, 2.75) is 45.4 Å². The van der Waals surface area contributed by atoms with E-state index in [0.29, 0.717) is 0 Å². The van der Waals surface area contributed by atoms with Crippen molar-refractivity contribution in [3.63, 3.8) is 0 Å². The molecule has 6 heteroatoms. The average molecular weight is 276 g/mol. The first kappa shape index (κ1) is 15.5. The van der Waals surface area contributed by atoms with Crippen LogP contribution in [0.2, 0.25) is 0 Å². The normalized spacial score (nSPS) is 13.3. The topological polar surface area (TPSA) is 61.3 Å². The average Bonchev–Trinajstić information content (AvgIpc) is 2.30. The summed E-state index contributed by atoms with van der Waals surface area (Å²) in [7, 11) is 0. The molecular formula is C13H19F3N2O. The summed E-state index contributed by atoms with van der Waals surface area (Å²) in [5, 5.41) is 0. The molecule has 0 fully saturated rings. The van der Waals surface area contributed by atoms with Gasteiger partial charge in [0.05, 0.1) is 23.0 Å². The zero-order valence-corrected chi connectivity index (χ0v) is 11.1. The molecule has 0 bridgehead atoms. The minimum Gasteiger partial charge on any atom is -0.486 e. The predicted octanol–water partition coefficient (Wildman–Crippen LogP) is 3.83. The van der Waals surface area contributed by atoms with Crippen molar-refractivity contribution >= 4 is 11.4 Å². The van der Waals surface area contributed by atoms with Crippen LogP contribution in [0.25, 0.3) is 0 Å². The highest BCUT2D eigenvalue weighted by atomic mass is 19.4. The van der Waals surface area contributed by atoms with E-state index in [1.807, 2.05) is 13.8 Å². The highest BCUT2D eigenvalue weighted by molar-refractivity contribution is 5.69. The Morgan fingerprint density at radius 1 is 1.16 bits per heavy atom. The van der Waals surface area contributed by atoms with Crippen molar-refractivity contribution < 1.29 is 17.9 Å². The molecule has 4 N–H and O–H groups in total. The smallest absolute Gasteiger partial charge is 0.416 e. The van der Waals surface area contributed by atoms with Gasteiger partial charge in [0, 0.05) is 0 Å². The van der Waals surface area contributed by atoms with Crippen molar-refractivity contribution in [3.05, 3.63) is 17.7 Å². The van der Waals surface area contributed by atoms with Crippen LogP contribution >= 0.6 is 0 Å². The molecule has 1 aromatic carbocycles. The molecule has 0 saturated heterocycles. The minimum absolute atomic E-state index is 0.0816. The fourth-order valence-corrected chi connectivity index (χ4v) is 1.81. The molecule has 0 saturated carbocycles. The van der Waals surface area contributed by atoms with Gasteiger partial charge in [-0.1, -0.05) is 20.3 Å². The van der Waals surface area contributed by atoms with Crippen LogP contribution in [-0.2, 0) is 6.18 Å². The fourth-order valence-electron chi connectivity index (χ4n) is 1.81. The first-order valence-electron chi connectivity index (χ1n) is 6.22. The second-order valence-corrected chi connectivity index (χ2v) is 4.42. The van der Waals surface area contributed by atoms with Gasteiger partial charge in [-0.05, 0) is 25.0 Å². The Hall–Kier alpha value is -1.59. The van der Waals surface area contributed by atoms with E-state index < -0.39 is 11.7 Å². The van der Waals surface area contributed by atoms with Crippen molar-refractivity contribution in [2.24, 2.45) is 0 Å². The zero-order chi connectivity index (χ0) is 14.6. The molecule has 0 spiro atoms. The molecule has 1 atom stereocenters. The summed E-state index contributed by atoms with van der Waals surface area (Å²) in [6, 6.07) is 1.70. The highest BCUT2D eigenvalue weighted by Crippen LogP contribution is 2.38. The zero-order valence-electron chi connectivity index (χ0n) is 11.1. The first-order chi connectivity index (χ1) is 8.79. The molecule has 0 heterocycles. The van der Waals surface area contributed by atoms with Gasteiger partial charge < -0.3 is 16.2 Å². The van der Waals surface area contributed by atoms with Crippen molar-refractivity contribution in [2.75, 3.05) is 11.5 Å². The van der Waals surface area contributed by atoms with Gasteiger partial charge in [-0.3, -0.25) is 0 Å². The Morgan fingerprint density at radius 2 is 1.68 bits per heavy atom. The molecule has 0 aliphatic carbocycles. The lowest BCUT2D eigenvalue weighted by Gasteiger charge is -2.20. The molecule has 0 radical (unpaired) electrons. The molecule has 19 heavy (non-hydrogen) atoms. The third-order valence-corrected chi connectivity index (χ3v) is 2.82. The van der Waals surface area contributed by atoms with E-state index in [9.17, 15) is 13.2 Å². The number of hydrogen-bond acceptors (Lipinski definition) is 3. The Labute approximate surface area is 110 Å². The van der Waals surface area contributed by atoms with Crippen LogP contribution in [-0.4, -0.2) is 6.10 Å². The first-order valence-corrected chi connectivity index (χ1v) is 6.22. The molecule has 0 aromatic heterocycles. The SMILES string of the molecule is CCC[C@H](CC)Oc1c(N)cc(C(F)(F)F)cc1N. The summed E-state index contributed by atoms with van der Waals surface area (Å²) in [6.45, 7) is 3.95. The molecule has 1 rings (SSSR count). The summed E-state index contributed by atoms with van der Waals surface area (Å²) in [4.78, 5) is 0. The molecule has 0 aliphatic heterocycles. The third-order valence-electron chi connectivity index (χ3n) is 2.82. The molecule has 1 aromatic rings. The van der Waals surface area contributed by atoms with Crippen LogP contribution in [0.1, 0.15) is 38.7 Å². The van der Waals surface area contributed by atoms with E-state index in [0.717, 1.165) is 31.4 Å². The number of nitrogen functional groups attached to an aromatic ring is 2. The summed E-state index contributed by atoms with van der Waals surface area (Å²) in [5.41, 5.74) is 10.2. The van der Waals surface area contributed by atoms with Crippen molar-refractivity contribution in [1.82, 2.24) is 0 Å². The van der Waals surface area contributed by atoms with E-state index in [1.54, 1.807) is 0 Å². The number of halogens is 3. The number of rotatable bonds is 5. The molecule has 0 amide bonds. The Morgan fingerprint density at radius 3 is 2.05 bits per heavy atom. The van der Waals surface area contributed by atoms with Crippen LogP contribution in [0.5, 0.6) is 5.75 Å². The van der Waals surface area contributed by atoms with Gasteiger partial charge in [-0.25, -0.2) is 0 Å². The van der Waals surface area contributed by atoms with E-state index in [2.05, 4.69) is 0 Å². The predicted molar refractivity (Wildman–Crippen MR) is 69.9 cm³/mol. The lowest BCUT2D eigenvalue weighted by Crippen LogP contribution is -2.17. The number of anilines is 2. The van der Waals surface area contributed by atoms with Crippen LogP contribution in [0.15, 0.2) is 12.1 Å². The van der Waals surface area contributed by atoms with Gasteiger partial charge in [-0.2, -0.15) is 13.2 Å². The maximum atomic E-state index is 12.6. The van der Waals surface area contributed by atoms with Crippen LogP contribution in [0.4, 0.5) is 24.5 Å². The molecule has 0 unspecified atom stereocenters. The van der Waals surface area contributed by atoms with Gasteiger partial charge in [0.15, 0.2) is 5.75 Å². The summed E-state index contributed by atoms with van der Waals surface area (Å²) >= 11 is 0. The number of benzene rings is 1. The van der Waals surface area contributed by atoms with Crippen LogP contribution in [0, 0.1) is 0 Å². The van der Waals surface area contributed by atoms with Crippen LogP contribution in [0.3, 0.4) is 0 Å². The Balaban J connectivity index is 3.03. The van der Waals surface area contributed by atoms with Crippen molar-refractivity contribution in [1.29, 1.82) is 0 Å². The van der Waals surface area contributed by atoms with Gasteiger partial charge in [0.1, 0.15) is 0 Å². The maximum Gasteiger partial charge on any atom is 0.416 e. The summed E-state index contributed by atoms with van der Waals surface area (Å²) in [5.74, 6) is 0.147. The van der Waals surface area contributed by atoms with Crippen molar-refractivity contribution in [3.8, 4) is 5.75 Å². The summed E-state index contributed by atoms with van der Waals surface area (Å²) in [6.07, 6.45) is -2.09. The second kappa shape index (κ2) is 6.04. The summed E-state index contributed by atoms with van der Waals surface area (Å²) < 4.78 is 43.3. The van der Waals surface area contributed by atoms with E-state index in [1.165, 1.54) is 0 Å². The second-order valence-electron chi connectivity index (χ2n) is 4.42. The highest BCUT2D eigenvalue weighted by Gasteiger charge is 2.32. The fraction of sp³-hybridized carbons (Fsp3) is 0.538. The van der Waals surface area contributed by atoms with Gasteiger partial charge >= 0.3 is 6.18 Å². The van der Waals surface area contributed by atoms with Crippen LogP contribution < -0.4 is 16.2 Å². The molecule has 3 nitrogen and oxygen atoms in total. The largest absolute Gasteiger partial charge is 0.486 e. The van der Waals surface area contributed by atoms with E-state index >= 15 is 0 Å². The number of nitrogens with two attached hydrogens (primary N) is 2. The Kier molecular flexibility index (Phi) is 4.91. The maximum absolute atomic E-state index is 12.6. The number of hydrogen-bond donors (Lipinski definition) is 2. The third kappa shape index (κ3) is 3.94. The monoisotopic (exact) mass is 276 g/mol. The quantitative estimate of drug-likeness (QED) is 0.803. The number of alkyl halides is 3. The Bertz CT molecular complexity index is 409. The van der Waals surface area contributed by atoms with E-state index in [-0.39, 0.29) is 23.2 Å². The lowest BCUT2D eigenvalue weighted by atomic mass is 10.1. The standard InChI is InChI=1S/C13H19F3N2O/c1-3-5-9(4-2)19-12-10(17)6-8(7-11(12)18)13(14,15)16/h6-7,9H,3-5,17-18H2,1-2H3/t9-/m0/s1. The molecular weight excluding hydrogens is 257 g/mol. The lowest BCUT2D eigenvalue weighted by molar-refractivity contribution is -0.137. The van der Waals surface area contributed by atoms with Gasteiger partial charge in [-0.15, -0.1) is 0 Å². The van der Waals surface area contributed by atoms with Gasteiger partial charge in [0.25, 0.3) is 0 Å². The van der Waals surface area contributed by atoms with Gasteiger partial charge in [0.2, 0.25) is 0 Å². The van der Waals surface area contributed by atoms with E-state index in [4.69, 9.17) is 16.2 Å². The minimum atomic E-state index is -4.46. The molecule has 108 valence electrons. The molecule has 0 aliphatic rings. The number of ether oxygens (including phenoxy) is 1.